The van der Waals surface area contributed by atoms with Crippen LogP contribution in [0.4, 0.5) is 15.8 Å². The van der Waals surface area contributed by atoms with Gasteiger partial charge in [-0.25, -0.2) is 4.39 Å². The Bertz CT molecular complexity index is 448. The summed E-state index contributed by atoms with van der Waals surface area (Å²) < 4.78 is 19.1. The van der Waals surface area contributed by atoms with Gasteiger partial charge in [-0.1, -0.05) is 26.7 Å². The van der Waals surface area contributed by atoms with E-state index < -0.39 is 11.9 Å². The third-order valence-corrected chi connectivity index (χ3v) is 3.56. The molecule has 0 aliphatic carbocycles. The van der Waals surface area contributed by atoms with Gasteiger partial charge in [0.05, 0.1) is 23.6 Å². The smallest absolute Gasteiger partial charge is 0.167 e. The van der Waals surface area contributed by atoms with E-state index in [-0.39, 0.29) is 17.8 Å². The summed E-state index contributed by atoms with van der Waals surface area (Å²) in [4.78, 5) is 0. The average molecular weight is 298 g/mol. The zero-order valence-corrected chi connectivity index (χ0v) is 13.3. The third-order valence-electron chi connectivity index (χ3n) is 3.56. The third kappa shape index (κ3) is 5.08. The molecule has 120 valence electrons. The first kappa shape index (κ1) is 17.6. The maximum absolute atomic E-state index is 13.7. The van der Waals surface area contributed by atoms with Crippen LogP contribution in [0.1, 0.15) is 40.5 Å². The Morgan fingerprint density at radius 1 is 1.29 bits per heavy atom. The maximum atomic E-state index is 13.7. The van der Waals surface area contributed by atoms with Crippen LogP contribution in [0.3, 0.4) is 0 Å². The molecule has 0 bridgehead atoms. The topological polar surface area (TPSA) is 67.5 Å². The lowest BCUT2D eigenvalue weighted by atomic mass is 9.96. The van der Waals surface area contributed by atoms with Crippen LogP contribution >= 0.6 is 0 Å². The van der Waals surface area contributed by atoms with E-state index in [1.165, 1.54) is 6.07 Å². The molecule has 1 aromatic carbocycles. The number of halogens is 1. The first-order valence-electron chi connectivity index (χ1n) is 7.56. The van der Waals surface area contributed by atoms with Crippen molar-refractivity contribution < 1.29 is 14.2 Å². The van der Waals surface area contributed by atoms with Crippen LogP contribution in [0.5, 0.6) is 5.75 Å². The van der Waals surface area contributed by atoms with Crippen molar-refractivity contribution in [3.8, 4) is 5.75 Å². The minimum Gasteiger partial charge on any atom is -0.488 e. The van der Waals surface area contributed by atoms with E-state index in [2.05, 4.69) is 19.2 Å². The Morgan fingerprint density at radius 2 is 1.90 bits per heavy atom. The minimum absolute atomic E-state index is 0.119. The molecule has 4 N–H and O–H groups in total. The number of benzene rings is 1. The highest BCUT2D eigenvalue weighted by molar-refractivity contribution is 5.68. The Morgan fingerprint density at radius 3 is 2.43 bits per heavy atom. The van der Waals surface area contributed by atoms with Crippen LogP contribution in [-0.2, 0) is 0 Å². The summed E-state index contributed by atoms with van der Waals surface area (Å²) >= 11 is 0. The average Bonchev–Trinajstić information content (AvgIpc) is 2.41. The molecule has 0 heterocycles. The molecule has 0 spiro atoms. The molecule has 1 unspecified atom stereocenters. The number of nitrogens with one attached hydrogen (secondary N) is 1. The van der Waals surface area contributed by atoms with Gasteiger partial charge in [0.2, 0.25) is 0 Å². The second kappa shape index (κ2) is 8.08. The lowest BCUT2D eigenvalue weighted by Gasteiger charge is -2.22. The van der Waals surface area contributed by atoms with E-state index in [1.807, 2.05) is 13.8 Å². The molecule has 0 aliphatic rings. The number of anilines is 2. The van der Waals surface area contributed by atoms with Crippen LogP contribution in [0.25, 0.3) is 0 Å². The van der Waals surface area contributed by atoms with Crippen molar-refractivity contribution in [1.82, 2.24) is 0 Å². The number of rotatable bonds is 8. The summed E-state index contributed by atoms with van der Waals surface area (Å²) in [6, 6.07) is 2.79. The largest absolute Gasteiger partial charge is 0.488 e. The SMILES string of the molecule is CCC(CC)C(O)CNc1cc(OC(C)C)c(F)cc1N. The lowest BCUT2D eigenvalue weighted by molar-refractivity contribution is 0.114. The molecule has 1 aromatic rings. The molecule has 0 radical (unpaired) electrons. The normalized spacial score (nSPS) is 12.8. The predicted molar refractivity (Wildman–Crippen MR) is 85.1 cm³/mol. The number of aliphatic hydroxyl groups excluding tert-OH is 1. The van der Waals surface area contributed by atoms with Gasteiger partial charge in [-0.2, -0.15) is 0 Å². The van der Waals surface area contributed by atoms with Gasteiger partial charge in [0.1, 0.15) is 0 Å². The van der Waals surface area contributed by atoms with E-state index in [0.717, 1.165) is 12.8 Å². The van der Waals surface area contributed by atoms with E-state index in [0.29, 0.717) is 17.9 Å². The fourth-order valence-electron chi connectivity index (χ4n) is 2.28. The highest BCUT2D eigenvalue weighted by Crippen LogP contribution is 2.29. The van der Waals surface area contributed by atoms with Crippen molar-refractivity contribution in [2.75, 3.05) is 17.6 Å². The predicted octanol–water partition coefficient (Wildman–Crippen LogP) is 3.40. The maximum Gasteiger partial charge on any atom is 0.167 e. The number of hydrogen-bond acceptors (Lipinski definition) is 4. The van der Waals surface area contributed by atoms with E-state index in [1.54, 1.807) is 6.07 Å². The molecular formula is C16H27FN2O2. The highest BCUT2D eigenvalue weighted by Gasteiger charge is 2.16. The van der Waals surface area contributed by atoms with Gasteiger partial charge >= 0.3 is 0 Å². The van der Waals surface area contributed by atoms with Gasteiger partial charge in [-0.05, 0) is 19.8 Å². The highest BCUT2D eigenvalue weighted by atomic mass is 19.1. The number of ether oxygens (including phenoxy) is 1. The van der Waals surface area contributed by atoms with Gasteiger partial charge in [-0.15, -0.1) is 0 Å². The quantitative estimate of drug-likeness (QED) is 0.643. The summed E-state index contributed by atoms with van der Waals surface area (Å²) in [6.07, 6.45) is 1.25. The first-order chi connectivity index (χ1) is 9.88. The van der Waals surface area contributed by atoms with Crippen molar-refractivity contribution in [3.05, 3.63) is 17.9 Å². The van der Waals surface area contributed by atoms with Gasteiger partial charge in [0.25, 0.3) is 0 Å². The summed E-state index contributed by atoms with van der Waals surface area (Å²) in [5.41, 5.74) is 6.70. The molecule has 0 saturated carbocycles. The molecule has 5 heteroatoms. The minimum atomic E-state index is -0.479. The lowest BCUT2D eigenvalue weighted by Crippen LogP contribution is -2.28. The fourth-order valence-corrected chi connectivity index (χ4v) is 2.28. The Balaban J connectivity index is 2.78. The molecule has 1 atom stereocenters. The summed E-state index contributed by atoms with van der Waals surface area (Å²) in [6.45, 7) is 8.15. The van der Waals surface area contributed by atoms with Crippen LogP contribution < -0.4 is 15.8 Å². The van der Waals surface area contributed by atoms with E-state index in [4.69, 9.17) is 10.5 Å². The monoisotopic (exact) mass is 298 g/mol. The van der Waals surface area contributed by atoms with Crippen molar-refractivity contribution >= 4 is 11.4 Å². The molecule has 0 saturated heterocycles. The van der Waals surface area contributed by atoms with Crippen molar-refractivity contribution in [3.63, 3.8) is 0 Å². The van der Waals surface area contributed by atoms with Gasteiger partial charge in [-0.3, -0.25) is 0 Å². The van der Waals surface area contributed by atoms with Crippen LogP contribution in [0, 0.1) is 11.7 Å². The zero-order valence-electron chi connectivity index (χ0n) is 13.3. The number of nitrogens with two attached hydrogens (primary N) is 1. The Hall–Kier alpha value is -1.49. The molecule has 0 fully saturated rings. The molecule has 0 aliphatic heterocycles. The number of aliphatic hydroxyl groups is 1. The first-order valence-corrected chi connectivity index (χ1v) is 7.56. The molecular weight excluding hydrogens is 271 g/mol. The summed E-state index contributed by atoms with van der Waals surface area (Å²) in [7, 11) is 0. The van der Waals surface area contributed by atoms with E-state index in [9.17, 15) is 9.50 Å². The van der Waals surface area contributed by atoms with Crippen molar-refractivity contribution in [1.29, 1.82) is 0 Å². The van der Waals surface area contributed by atoms with Crippen molar-refractivity contribution in [2.45, 2.75) is 52.7 Å². The number of hydrogen-bond donors (Lipinski definition) is 3. The van der Waals surface area contributed by atoms with Crippen LogP contribution in [-0.4, -0.2) is 23.9 Å². The zero-order chi connectivity index (χ0) is 16.0. The van der Waals surface area contributed by atoms with Crippen LogP contribution in [0.15, 0.2) is 12.1 Å². The van der Waals surface area contributed by atoms with Crippen LogP contribution in [0.2, 0.25) is 0 Å². The van der Waals surface area contributed by atoms with Gasteiger partial charge < -0.3 is 20.9 Å². The molecule has 1 rings (SSSR count). The van der Waals surface area contributed by atoms with Gasteiger partial charge in [0.15, 0.2) is 11.6 Å². The molecule has 21 heavy (non-hydrogen) atoms. The fraction of sp³-hybridized carbons (Fsp3) is 0.625. The summed E-state index contributed by atoms with van der Waals surface area (Å²) in [5.74, 6) is -0.0726. The molecule has 0 aromatic heterocycles. The second-order valence-electron chi connectivity index (χ2n) is 5.56. The Kier molecular flexibility index (Phi) is 6.75. The molecule has 0 amide bonds. The van der Waals surface area contributed by atoms with E-state index >= 15 is 0 Å². The summed E-state index contributed by atoms with van der Waals surface area (Å²) in [5, 5.41) is 13.2. The van der Waals surface area contributed by atoms with Crippen molar-refractivity contribution in [2.24, 2.45) is 5.92 Å². The van der Waals surface area contributed by atoms with Gasteiger partial charge in [0, 0.05) is 18.7 Å². The number of nitrogen functional groups attached to an aromatic ring is 1. The molecule has 4 nitrogen and oxygen atoms in total. The standard InChI is InChI=1S/C16H27FN2O2/c1-5-11(6-2)15(20)9-19-14-8-16(21-10(3)4)12(17)7-13(14)18/h7-8,10-11,15,19-20H,5-6,9,18H2,1-4H3. The second-order valence-corrected chi connectivity index (χ2v) is 5.56. The Labute approximate surface area is 126 Å².